The van der Waals surface area contributed by atoms with Crippen LogP contribution in [0.1, 0.15) is 56.0 Å². The first-order valence-corrected chi connectivity index (χ1v) is 16.4. The summed E-state index contributed by atoms with van der Waals surface area (Å²) in [6, 6.07) is 5.28. The van der Waals surface area contributed by atoms with Gasteiger partial charge in [-0.2, -0.15) is 4.31 Å². The predicted molar refractivity (Wildman–Crippen MR) is 159 cm³/mol. The molecule has 242 valence electrons. The molecule has 1 fully saturated rings. The number of hydrogen-bond donors (Lipinski definition) is 2. The van der Waals surface area contributed by atoms with E-state index in [-0.39, 0.29) is 80.9 Å². The van der Waals surface area contributed by atoms with Gasteiger partial charge in [0.15, 0.2) is 23.9 Å². The summed E-state index contributed by atoms with van der Waals surface area (Å²) in [5, 5.41) is 9.41. The van der Waals surface area contributed by atoms with Crippen LogP contribution in [0.5, 0.6) is 11.5 Å². The van der Waals surface area contributed by atoms with Crippen molar-refractivity contribution in [2.45, 2.75) is 64.2 Å². The Morgan fingerprint density at radius 3 is 2.59 bits per heavy atom. The minimum atomic E-state index is -4.05. The van der Waals surface area contributed by atoms with Gasteiger partial charge in [-0.3, -0.25) is 14.4 Å². The Labute approximate surface area is 258 Å². The number of benzene rings is 1. The van der Waals surface area contributed by atoms with Crippen molar-refractivity contribution in [3.63, 3.8) is 0 Å². The second kappa shape index (κ2) is 14.4. The normalized spacial score (nSPS) is 21.3. The Morgan fingerprint density at radius 1 is 1.16 bits per heavy atom. The lowest BCUT2D eigenvalue weighted by atomic mass is 9.76. The van der Waals surface area contributed by atoms with Crippen molar-refractivity contribution in [3.8, 4) is 11.5 Å². The second-order valence-corrected chi connectivity index (χ2v) is 13.3. The van der Waals surface area contributed by atoms with Gasteiger partial charge in [0.1, 0.15) is 10.6 Å². The highest BCUT2D eigenvalue weighted by Gasteiger charge is 2.45. The molecule has 2 bridgehead atoms. The number of fused-ring (bicyclic) bond motifs is 2. The number of rotatable bonds is 7. The zero-order valence-corrected chi connectivity index (χ0v) is 26.6. The number of nitrogens with zero attached hydrogens (tertiary/aromatic N) is 2. The van der Waals surface area contributed by atoms with E-state index in [0.29, 0.717) is 23.8 Å². The maximum absolute atomic E-state index is 13.6. The van der Waals surface area contributed by atoms with Crippen molar-refractivity contribution in [3.05, 3.63) is 35.2 Å². The number of methoxy groups -OCH3 is 1. The zero-order chi connectivity index (χ0) is 31.9. The molecule has 13 nitrogen and oxygen atoms in total. The molecule has 1 atom stereocenters. The van der Waals surface area contributed by atoms with Crippen molar-refractivity contribution in [1.82, 2.24) is 20.1 Å². The number of nitrogens with one attached hydrogen (secondary N) is 2. The van der Waals surface area contributed by atoms with Crippen LogP contribution in [0.3, 0.4) is 0 Å². The summed E-state index contributed by atoms with van der Waals surface area (Å²) in [5.41, 5.74) is -0.0371. The van der Waals surface area contributed by atoms with Gasteiger partial charge in [-0.1, -0.05) is 24.1 Å². The Balaban J connectivity index is 1.64. The van der Waals surface area contributed by atoms with Crippen LogP contribution in [0.25, 0.3) is 0 Å². The number of aromatic nitrogens is 1. The molecule has 2 heterocycles. The summed E-state index contributed by atoms with van der Waals surface area (Å²) in [6.07, 6.45) is 3.05. The van der Waals surface area contributed by atoms with Gasteiger partial charge in [-0.25, -0.2) is 8.42 Å². The molecule has 0 saturated heterocycles. The number of carbonyl (C=O) groups excluding carboxylic acids is 3. The van der Waals surface area contributed by atoms with Crippen LogP contribution in [-0.2, 0) is 35.6 Å². The third-order valence-corrected chi connectivity index (χ3v) is 10.0. The van der Waals surface area contributed by atoms with Crippen molar-refractivity contribution in [2.75, 3.05) is 46.5 Å². The van der Waals surface area contributed by atoms with Crippen molar-refractivity contribution in [2.24, 2.45) is 11.3 Å². The number of aryl methyl sites for hydroxylation is 2. The lowest BCUT2D eigenvalue weighted by Crippen LogP contribution is -2.46. The molecule has 0 spiro atoms. The molecule has 1 saturated carbocycles. The van der Waals surface area contributed by atoms with Gasteiger partial charge in [-0.15, -0.1) is 0 Å². The molecule has 4 rings (SSSR count). The number of ether oxygens (including phenoxy) is 3. The molecule has 2 aromatic rings. The molecule has 0 radical (unpaired) electrons. The zero-order valence-electron chi connectivity index (χ0n) is 25.8. The van der Waals surface area contributed by atoms with Crippen LogP contribution < -0.4 is 20.1 Å². The smallest absolute Gasteiger partial charge is 0.314 e. The molecule has 1 unspecified atom stereocenters. The van der Waals surface area contributed by atoms with Crippen LogP contribution >= 0.6 is 0 Å². The minimum absolute atomic E-state index is 0.0113. The number of carbonyl (C=O) groups is 3. The van der Waals surface area contributed by atoms with E-state index in [4.69, 9.17) is 18.7 Å². The maximum Gasteiger partial charge on any atom is 0.314 e. The van der Waals surface area contributed by atoms with E-state index in [1.807, 2.05) is 6.07 Å². The molecule has 1 aliphatic carbocycles. The molecule has 1 aliphatic heterocycles. The first kappa shape index (κ1) is 33.2. The third kappa shape index (κ3) is 8.08. The summed E-state index contributed by atoms with van der Waals surface area (Å²) >= 11 is 0. The quantitative estimate of drug-likeness (QED) is 0.432. The fourth-order valence-electron chi connectivity index (χ4n) is 5.54. The van der Waals surface area contributed by atoms with E-state index in [1.54, 1.807) is 26.0 Å². The molecular formula is C30H42N4O9S. The van der Waals surface area contributed by atoms with Gasteiger partial charge in [0.25, 0.3) is 5.91 Å². The van der Waals surface area contributed by atoms with E-state index in [1.165, 1.54) is 18.3 Å². The van der Waals surface area contributed by atoms with E-state index in [0.717, 1.165) is 18.4 Å². The van der Waals surface area contributed by atoms with E-state index < -0.39 is 27.3 Å². The second-order valence-electron chi connectivity index (χ2n) is 11.4. The van der Waals surface area contributed by atoms with Crippen LogP contribution in [0.15, 0.2) is 27.6 Å². The molecule has 1 aromatic carbocycles. The van der Waals surface area contributed by atoms with E-state index in [2.05, 4.69) is 15.8 Å². The van der Waals surface area contributed by atoms with Crippen LogP contribution in [-0.4, -0.2) is 82.2 Å². The van der Waals surface area contributed by atoms with Crippen molar-refractivity contribution < 1.29 is 41.5 Å². The predicted octanol–water partition coefficient (Wildman–Crippen LogP) is 2.29. The van der Waals surface area contributed by atoms with Gasteiger partial charge < -0.3 is 29.4 Å². The fraction of sp³-hybridized carbons (Fsp3) is 0.600. The molecule has 2 N–H and O–H groups in total. The molecular weight excluding hydrogens is 592 g/mol. The summed E-state index contributed by atoms with van der Waals surface area (Å²) in [5.74, 6) is 0.0618. The lowest BCUT2D eigenvalue weighted by molar-refractivity contribution is -0.156. The SMILES string of the molecule is CCOC(=O)C1(CC2CC2)CNC(=O)CCCN(S(=O)(=O)c2c(C)noc2C)CCNC(=O)COc2cc(ccc2OC)C1. The van der Waals surface area contributed by atoms with Gasteiger partial charge in [0.2, 0.25) is 15.9 Å². The number of hydrogen-bond acceptors (Lipinski definition) is 10. The van der Waals surface area contributed by atoms with Crippen LogP contribution in [0.4, 0.5) is 0 Å². The maximum atomic E-state index is 13.6. The highest BCUT2D eigenvalue weighted by atomic mass is 32.2. The highest BCUT2D eigenvalue weighted by Crippen LogP contribution is 2.43. The Hall–Kier alpha value is -3.65. The van der Waals surface area contributed by atoms with Crippen molar-refractivity contribution in [1.29, 1.82) is 0 Å². The highest BCUT2D eigenvalue weighted by molar-refractivity contribution is 7.89. The topological polar surface area (TPSA) is 166 Å². The van der Waals surface area contributed by atoms with Gasteiger partial charge in [-0.05, 0) is 63.6 Å². The minimum Gasteiger partial charge on any atom is -0.493 e. The van der Waals surface area contributed by atoms with Crippen LogP contribution in [0, 0.1) is 25.2 Å². The first-order chi connectivity index (χ1) is 21.0. The van der Waals surface area contributed by atoms with Gasteiger partial charge >= 0.3 is 5.97 Å². The molecule has 2 aliphatic rings. The third-order valence-electron chi connectivity index (χ3n) is 7.90. The standard InChI is InChI=1S/C30H42N4O9S/c1-5-41-29(37)30(16-22-8-9-22)17-23-10-11-24(40-4)25(15-23)42-18-27(36)31-12-14-34(13-6-7-26(35)32-19-30)44(38,39)28-20(2)33-43-21(28)3/h10-11,15,22H,5-9,12-14,16-19H2,1-4H3,(H,31,36)(H,32,35). The van der Waals surface area contributed by atoms with E-state index in [9.17, 15) is 22.8 Å². The van der Waals surface area contributed by atoms with Gasteiger partial charge in [0.05, 0.1) is 19.1 Å². The molecule has 1 aromatic heterocycles. The Kier molecular flexibility index (Phi) is 10.9. The largest absolute Gasteiger partial charge is 0.493 e. The average molecular weight is 635 g/mol. The number of sulfonamides is 1. The molecule has 2 amide bonds. The summed E-state index contributed by atoms with van der Waals surface area (Å²) < 4.78 is 50.3. The summed E-state index contributed by atoms with van der Waals surface area (Å²) in [7, 11) is -2.56. The monoisotopic (exact) mass is 634 g/mol. The summed E-state index contributed by atoms with van der Waals surface area (Å²) in [4.78, 5) is 39.3. The molecule has 14 heteroatoms. The Bertz CT molecular complexity index is 1430. The average Bonchev–Trinajstić information content (AvgIpc) is 3.73. The first-order valence-electron chi connectivity index (χ1n) is 14.9. The lowest BCUT2D eigenvalue weighted by Gasteiger charge is -2.32. The van der Waals surface area contributed by atoms with Crippen LogP contribution in [0.2, 0.25) is 0 Å². The molecule has 44 heavy (non-hydrogen) atoms. The van der Waals surface area contributed by atoms with E-state index >= 15 is 0 Å². The number of esters is 1. The van der Waals surface area contributed by atoms with Crippen molar-refractivity contribution >= 4 is 27.8 Å². The van der Waals surface area contributed by atoms with Gasteiger partial charge in [0, 0.05) is 32.6 Å². The Morgan fingerprint density at radius 2 is 1.93 bits per heavy atom. The summed E-state index contributed by atoms with van der Waals surface area (Å²) in [6.45, 7) is 4.70. The number of amides is 2. The fourth-order valence-corrected chi connectivity index (χ4v) is 7.31.